The maximum absolute atomic E-state index is 12.7. The van der Waals surface area contributed by atoms with Crippen molar-refractivity contribution in [1.29, 1.82) is 0 Å². The average Bonchev–Trinajstić information content (AvgIpc) is 3.16. The van der Waals surface area contributed by atoms with E-state index in [4.69, 9.17) is 18.5 Å². The van der Waals surface area contributed by atoms with E-state index in [1.165, 1.54) is 141 Å². The zero-order valence-electron chi connectivity index (χ0n) is 38.0. The third-order valence-corrected chi connectivity index (χ3v) is 11.1. The van der Waals surface area contributed by atoms with E-state index in [0.29, 0.717) is 24.1 Å². The van der Waals surface area contributed by atoms with E-state index in [0.717, 1.165) is 44.9 Å². The van der Waals surface area contributed by atoms with Gasteiger partial charge in [-0.2, -0.15) is 0 Å². The fourth-order valence-corrected chi connectivity index (χ4v) is 7.18. The van der Waals surface area contributed by atoms with Crippen LogP contribution in [0, 0.1) is 0 Å². The summed E-state index contributed by atoms with van der Waals surface area (Å²) < 4.78 is 34.7. The van der Waals surface area contributed by atoms with Crippen LogP contribution in [0.5, 0.6) is 0 Å². The Hall–Kier alpha value is -1.28. The van der Waals surface area contributed by atoms with Gasteiger partial charge >= 0.3 is 5.97 Å². The molecule has 8 nitrogen and oxygen atoms in total. The Morgan fingerprint density at radius 1 is 0.544 bits per heavy atom. The van der Waals surface area contributed by atoms with Crippen LogP contribution in [-0.4, -0.2) is 70.7 Å². The minimum atomic E-state index is -4.53. The van der Waals surface area contributed by atoms with Crippen molar-refractivity contribution in [3.05, 3.63) is 36.5 Å². The van der Waals surface area contributed by atoms with E-state index in [1.54, 1.807) is 0 Å². The third-order valence-electron chi connectivity index (χ3n) is 10.2. The molecule has 0 spiro atoms. The first-order chi connectivity index (χ1) is 27.6. The van der Waals surface area contributed by atoms with Crippen LogP contribution in [0.2, 0.25) is 0 Å². The molecule has 0 amide bonds. The molecule has 0 N–H and O–H groups in total. The second kappa shape index (κ2) is 41.5. The van der Waals surface area contributed by atoms with Crippen LogP contribution in [0.25, 0.3) is 0 Å². The van der Waals surface area contributed by atoms with Gasteiger partial charge in [0.1, 0.15) is 19.3 Å². The van der Waals surface area contributed by atoms with Crippen LogP contribution in [0.15, 0.2) is 36.5 Å². The Balaban J connectivity index is 4.22. The maximum atomic E-state index is 12.7. The fourth-order valence-electron chi connectivity index (χ4n) is 6.45. The summed E-state index contributed by atoms with van der Waals surface area (Å²) in [7, 11) is 1.35. The van der Waals surface area contributed by atoms with Crippen molar-refractivity contribution in [1.82, 2.24) is 0 Å². The molecule has 0 heterocycles. The number of carbonyl (C=O) groups excluding carboxylic acids is 1. The quantitative estimate of drug-likeness (QED) is 0.0198. The predicted molar refractivity (Wildman–Crippen MR) is 240 cm³/mol. The summed E-state index contributed by atoms with van der Waals surface area (Å²) in [5.74, 6) is -0.343. The zero-order chi connectivity index (χ0) is 42.0. The molecule has 336 valence electrons. The Bertz CT molecular complexity index is 1010. The van der Waals surface area contributed by atoms with Gasteiger partial charge in [-0.05, 0) is 70.6 Å². The SMILES string of the molecule is CCCCCC/C=C\C/C=C\CCCCCCCCCC(=O)OC(COCCCCCCCC/C=C\CCCCCCCCC)COP(=O)([O-])OCC[N+](C)(C)C. The molecule has 0 aliphatic heterocycles. The van der Waals surface area contributed by atoms with E-state index < -0.39 is 13.9 Å². The van der Waals surface area contributed by atoms with Crippen LogP contribution in [0.4, 0.5) is 0 Å². The molecule has 0 fully saturated rings. The first kappa shape index (κ1) is 55.7. The first-order valence-corrected chi connectivity index (χ1v) is 25.2. The standard InChI is InChI=1S/C48H92NO7P/c1-6-8-10-12-14-16-18-20-22-24-25-27-29-31-33-35-37-39-41-48(50)56-47(46-55-57(51,52)54-44-42-49(3,4)5)45-53-43-40-38-36-34-32-30-28-26-23-21-19-17-15-13-11-9-7-2/h16,18,22-24,26,47H,6-15,17,19-21,25,27-46H2,1-5H3/b18-16-,24-22-,26-23-. The Morgan fingerprint density at radius 3 is 1.46 bits per heavy atom. The van der Waals surface area contributed by atoms with Gasteiger partial charge in [0.2, 0.25) is 0 Å². The molecule has 0 aliphatic carbocycles. The lowest BCUT2D eigenvalue weighted by Gasteiger charge is -2.28. The van der Waals surface area contributed by atoms with Crippen molar-refractivity contribution in [3.8, 4) is 0 Å². The smallest absolute Gasteiger partial charge is 0.306 e. The molecule has 9 heteroatoms. The molecule has 0 saturated carbocycles. The minimum absolute atomic E-state index is 0.0233. The number of phosphoric acid groups is 1. The van der Waals surface area contributed by atoms with Crippen molar-refractivity contribution >= 4 is 13.8 Å². The van der Waals surface area contributed by atoms with Gasteiger partial charge < -0.3 is 27.9 Å². The number of esters is 1. The first-order valence-electron chi connectivity index (χ1n) is 23.7. The monoisotopic (exact) mass is 826 g/mol. The number of nitrogens with zero attached hydrogens (tertiary/aromatic N) is 1. The van der Waals surface area contributed by atoms with Gasteiger partial charge in [-0.1, -0.05) is 166 Å². The highest BCUT2D eigenvalue weighted by atomic mass is 31.2. The second-order valence-corrected chi connectivity index (χ2v) is 18.5. The number of hydrogen-bond donors (Lipinski definition) is 0. The number of likely N-dealkylation sites (N-methyl/N-ethyl adjacent to an activating group) is 1. The second-order valence-electron chi connectivity index (χ2n) is 17.1. The molecule has 0 rings (SSSR count). The highest BCUT2D eigenvalue weighted by Gasteiger charge is 2.20. The summed E-state index contributed by atoms with van der Waals surface area (Å²) in [5, 5.41) is 0. The number of ether oxygens (including phenoxy) is 2. The summed E-state index contributed by atoms with van der Waals surface area (Å²) in [4.78, 5) is 25.1. The van der Waals surface area contributed by atoms with Crippen LogP contribution in [0.1, 0.15) is 206 Å². The predicted octanol–water partition coefficient (Wildman–Crippen LogP) is 13.5. The van der Waals surface area contributed by atoms with Crippen LogP contribution < -0.4 is 4.89 Å². The molecule has 57 heavy (non-hydrogen) atoms. The zero-order valence-corrected chi connectivity index (χ0v) is 38.9. The summed E-state index contributed by atoms with van der Waals surface area (Å²) in [6.45, 7) is 5.39. The molecule has 0 bridgehead atoms. The number of carbonyl (C=O) groups is 1. The number of unbranched alkanes of at least 4 members (excludes halogenated alkanes) is 24. The summed E-state index contributed by atoms with van der Waals surface area (Å²) in [6.07, 6.45) is 48.7. The highest BCUT2D eigenvalue weighted by Crippen LogP contribution is 2.38. The van der Waals surface area contributed by atoms with Gasteiger partial charge in [0, 0.05) is 13.0 Å². The fraction of sp³-hybridized carbons (Fsp3) is 0.854. The summed E-state index contributed by atoms with van der Waals surface area (Å²) in [5.41, 5.74) is 0. The van der Waals surface area contributed by atoms with Crippen molar-refractivity contribution in [3.63, 3.8) is 0 Å². The number of quaternary nitrogens is 1. The number of phosphoric ester groups is 1. The van der Waals surface area contributed by atoms with Gasteiger partial charge in [0.15, 0.2) is 0 Å². The summed E-state index contributed by atoms with van der Waals surface area (Å²) >= 11 is 0. The van der Waals surface area contributed by atoms with Crippen molar-refractivity contribution in [2.75, 3.05) is 54.1 Å². The maximum Gasteiger partial charge on any atom is 0.306 e. The van der Waals surface area contributed by atoms with Crippen molar-refractivity contribution in [2.24, 2.45) is 0 Å². The lowest BCUT2D eigenvalue weighted by molar-refractivity contribution is -0.870. The number of allylic oxidation sites excluding steroid dienone is 6. The molecule has 0 radical (unpaired) electrons. The molecule has 0 aromatic heterocycles. The summed E-state index contributed by atoms with van der Waals surface area (Å²) in [6, 6.07) is 0. The molecule has 2 atom stereocenters. The third kappa shape index (κ3) is 45.7. The normalized spacial score (nSPS) is 14.0. The highest BCUT2D eigenvalue weighted by molar-refractivity contribution is 7.45. The largest absolute Gasteiger partial charge is 0.756 e. The molecule has 0 saturated heterocycles. The van der Waals surface area contributed by atoms with Gasteiger partial charge in [-0.3, -0.25) is 9.36 Å². The van der Waals surface area contributed by atoms with Gasteiger partial charge in [0.05, 0.1) is 34.4 Å². The Kier molecular flexibility index (Phi) is 40.5. The van der Waals surface area contributed by atoms with Gasteiger partial charge in [-0.15, -0.1) is 0 Å². The van der Waals surface area contributed by atoms with Crippen LogP contribution >= 0.6 is 7.82 Å². The van der Waals surface area contributed by atoms with Crippen molar-refractivity contribution in [2.45, 2.75) is 213 Å². The molecular formula is C48H92NO7P. The number of rotatable bonds is 44. The average molecular weight is 826 g/mol. The Morgan fingerprint density at radius 2 is 0.965 bits per heavy atom. The van der Waals surface area contributed by atoms with Crippen molar-refractivity contribution < 1.29 is 37.3 Å². The van der Waals surface area contributed by atoms with Gasteiger partial charge in [-0.25, -0.2) is 0 Å². The van der Waals surface area contributed by atoms with E-state index >= 15 is 0 Å². The lowest BCUT2D eigenvalue weighted by Crippen LogP contribution is -2.37. The lowest BCUT2D eigenvalue weighted by atomic mass is 10.1. The molecular weight excluding hydrogens is 734 g/mol. The molecule has 0 aromatic carbocycles. The number of hydrogen-bond acceptors (Lipinski definition) is 7. The van der Waals surface area contributed by atoms with E-state index in [2.05, 4.69) is 50.3 Å². The van der Waals surface area contributed by atoms with Gasteiger partial charge in [0.25, 0.3) is 7.82 Å². The van der Waals surface area contributed by atoms with Crippen LogP contribution in [0.3, 0.4) is 0 Å². The van der Waals surface area contributed by atoms with Crippen LogP contribution in [-0.2, 0) is 27.9 Å². The van der Waals surface area contributed by atoms with E-state index in [-0.39, 0.29) is 25.8 Å². The Labute approximate surface area is 353 Å². The van der Waals surface area contributed by atoms with E-state index in [1.807, 2.05) is 21.1 Å². The molecule has 2 unspecified atom stereocenters. The molecule has 0 aliphatic rings. The molecule has 0 aromatic rings. The topological polar surface area (TPSA) is 94.1 Å². The van der Waals surface area contributed by atoms with E-state index in [9.17, 15) is 14.3 Å². The minimum Gasteiger partial charge on any atom is -0.756 e.